The van der Waals surface area contributed by atoms with Gasteiger partial charge in [0.25, 0.3) is 0 Å². The van der Waals surface area contributed by atoms with E-state index in [1.54, 1.807) is 6.07 Å². The van der Waals surface area contributed by atoms with Crippen LogP contribution in [0.2, 0.25) is 0 Å². The summed E-state index contributed by atoms with van der Waals surface area (Å²) in [6, 6.07) is 2.26. The number of hydrogen-bond acceptors (Lipinski definition) is 5. The summed E-state index contributed by atoms with van der Waals surface area (Å²) in [4.78, 5) is 3.25. The molecule has 1 aromatic rings. The number of aromatic nitrogens is 1. The molecule has 0 radical (unpaired) electrons. The summed E-state index contributed by atoms with van der Waals surface area (Å²) < 4.78 is 37.6. The largest absolute Gasteiger partial charge is 0.376 e. The van der Waals surface area contributed by atoms with Crippen molar-refractivity contribution in [3.63, 3.8) is 0 Å². The van der Waals surface area contributed by atoms with Gasteiger partial charge in [-0.3, -0.25) is 0 Å². The molecule has 3 rings (SSSR count). The third-order valence-electron chi connectivity index (χ3n) is 3.57. The summed E-state index contributed by atoms with van der Waals surface area (Å²) in [5.41, 5.74) is 0.875. The van der Waals surface area contributed by atoms with Crippen molar-refractivity contribution in [2.75, 3.05) is 26.4 Å². The third-order valence-corrected chi connectivity index (χ3v) is 4.97. The van der Waals surface area contributed by atoms with Crippen LogP contribution in [0.25, 0.3) is 0 Å². The molecule has 2 fully saturated rings. The van der Waals surface area contributed by atoms with Crippen LogP contribution in [0.4, 0.5) is 0 Å². The molecule has 7 nitrogen and oxygen atoms in total. The van der Waals surface area contributed by atoms with E-state index in [-0.39, 0.29) is 17.5 Å². The number of aromatic amines is 1. The van der Waals surface area contributed by atoms with Gasteiger partial charge in [-0.05, 0) is 18.9 Å². The summed E-state index contributed by atoms with van der Waals surface area (Å²) >= 11 is 0. The molecule has 3 N–H and O–H groups in total. The van der Waals surface area contributed by atoms with Crippen LogP contribution in [0.15, 0.2) is 17.2 Å². The molecule has 2 aliphatic rings. The predicted octanol–water partition coefficient (Wildman–Crippen LogP) is -0.0396. The summed E-state index contributed by atoms with van der Waals surface area (Å²) in [5.74, 6) is 0. The lowest BCUT2D eigenvalue weighted by Gasteiger charge is -2.22. The molecule has 8 heteroatoms. The molecule has 118 valence electrons. The SMILES string of the molecule is O=S(=O)(NCC1COCCO1)c1c[nH]c(CNC2CC2)c1. The van der Waals surface area contributed by atoms with Crippen LogP contribution < -0.4 is 10.0 Å². The zero-order valence-electron chi connectivity index (χ0n) is 11.8. The third kappa shape index (κ3) is 4.27. The van der Waals surface area contributed by atoms with Crippen molar-refractivity contribution in [2.24, 2.45) is 0 Å². The average Bonchev–Trinajstić information content (AvgIpc) is 3.20. The van der Waals surface area contributed by atoms with Crippen LogP contribution in [0, 0.1) is 0 Å². The van der Waals surface area contributed by atoms with Gasteiger partial charge in [-0.15, -0.1) is 0 Å². The molecule has 0 bridgehead atoms. The summed E-state index contributed by atoms with van der Waals surface area (Å²) in [6.45, 7) is 2.39. The molecule has 1 atom stereocenters. The Bertz CT molecular complexity index is 562. The van der Waals surface area contributed by atoms with Gasteiger partial charge < -0.3 is 19.8 Å². The molecule has 1 aromatic heterocycles. The van der Waals surface area contributed by atoms with Gasteiger partial charge in [-0.25, -0.2) is 13.1 Å². The first-order valence-electron chi connectivity index (χ1n) is 7.23. The number of nitrogens with one attached hydrogen (secondary N) is 3. The minimum Gasteiger partial charge on any atom is -0.376 e. The lowest BCUT2D eigenvalue weighted by molar-refractivity contribution is -0.0846. The first kappa shape index (κ1) is 15.0. The lowest BCUT2D eigenvalue weighted by Crippen LogP contribution is -2.39. The van der Waals surface area contributed by atoms with Crippen LogP contribution in [0.1, 0.15) is 18.5 Å². The fourth-order valence-electron chi connectivity index (χ4n) is 2.16. The summed E-state index contributed by atoms with van der Waals surface area (Å²) in [5, 5.41) is 3.34. The number of ether oxygens (including phenoxy) is 2. The Morgan fingerprint density at radius 2 is 2.19 bits per heavy atom. The Morgan fingerprint density at radius 1 is 1.33 bits per heavy atom. The second-order valence-electron chi connectivity index (χ2n) is 5.44. The molecule has 0 spiro atoms. The molecule has 1 aliphatic heterocycles. The van der Waals surface area contributed by atoms with Gasteiger partial charge in [-0.1, -0.05) is 0 Å². The second kappa shape index (κ2) is 6.45. The van der Waals surface area contributed by atoms with Gasteiger partial charge in [0, 0.05) is 31.0 Å². The van der Waals surface area contributed by atoms with Crippen LogP contribution >= 0.6 is 0 Å². The van der Waals surface area contributed by atoms with Crippen LogP contribution in [0.5, 0.6) is 0 Å². The van der Waals surface area contributed by atoms with E-state index in [1.807, 2.05) is 0 Å². The maximum Gasteiger partial charge on any atom is 0.242 e. The number of sulfonamides is 1. The van der Waals surface area contributed by atoms with E-state index in [4.69, 9.17) is 9.47 Å². The topological polar surface area (TPSA) is 92.5 Å². The summed E-state index contributed by atoms with van der Waals surface area (Å²) in [6.07, 6.45) is 3.71. The van der Waals surface area contributed by atoms with Gasteiger partial charge >= 0.3 is 0 Å². The first-order chi connectivity index (χ1) is 10.1. The Hall–Kier alpha value is -0.930. The number of rotatable bonds is 7. The molecule has 0 aromatic carbocycles. The first-order valence-corrected chi connectivity index (χ1v) is 8.71. The van der Waals surface area contributed by atoms with E-state index in [1.165, 1.54) is 19.0 Å². The maximum atomic E-state index is 12.2. The lowest BCUT2D eigenvalue weighted by atomic mass is 10.3. The smallest absolute Gasteiger partial charge is 0.242 e. The number of H-pyrrole nitrogens is 1. The van der Waals surface area contributed by atoms with Crippen LogP contribution in [-0.2, 0) is 26.0 Å². The zero-order chi connectivity index (χ0) is 14.7. The Balaban J connectivity index is 1.53. The van der Waals surface area contributed by atoms with Crippen molar-refractivity contribution in [2.45, 2.75) is 36.4 Å². The van der Waals surface area contributed by atoms with Crippen molar-refractivity contribution in [3.05, 3.63) is 18.0 Å². The number of hydrogen-bond donors (Lipinski definition) is 3. The second-order valence-corrected chi connectivity index (χ2v) is 7.20. The highest BCUT2D eigenvalue weighted by Crippen LogP contribution is 2.19. The Kier molecular flexibility index (Phi) is 4.60. The molecule has 1 unspecified atom stereocenters. The molecule has 1 saturated carbocycles. The molecular formula is C13H21N3O4S. The highest BCUT2D eigenvalue weighted by atomic mass is 32.2. The van der Waals surface area contributed by atoms with Gasteiger partial charge in [-0.2, -0.15) is 0 Å². The van der Waals surface area contributed by atoms with Gasteiger partial charge in [0.05, 0.1) is 30.8 Å². The maximum absolute atomic E-state index is 12.2. The van der Waals surface area contributed by atoms with E-state index in [9.17, 15) is 8.42 Å². The summed E-state index contributed by atoms with van der Waals surface area (Å²) in [7, 11) is -3.51. The van der Waals surface area contributed by atoms with Gasteiger partial charge in [0.15, 0.2) is 0 Å². The highest BCUT2D eigenvalue weighted by Gasteiger charge is 2.22. The standard InChI is InChI=1S/C13H21N3O4S/c17-21(18,16-7-12-9-19-3-4-20-12)13-5-11(15-8-13)6-14-10-1-2-10/h5,8,10,12,14-16H,1-4,6-7,9H2. The highest BCUT2D eigenvalue weighted by molar-refractivity contribution is 7.89. The monoisotopic (exact) mass is 315 g/mol. The molecular weight excluding hydrogens is 294 g/mol. The van der Waals surface area contributed by atoms with E-state index in [0.717, 1.165) is 5.69 Å². The minimum absolute atomic E-state index is 0.219. The van der Waals surface area contributed by atoms with Crippen molar-refractivity contribution < 1.29 is 17.9 Å². The fourth-order valence-corrected chi connectivity index (χ4v) is 3.24. The quantitative estimate of drug-likeness (QED) is 0.657. The van der Waals surface area contributed by atoms with Crippen molar-refractivity contribution in [3.8, 4) is 0 Å². The van der Waals surface area contributed by atoms with Gasteiger partial charge in [0.1, 0.15) is 0 Å². The normalized spacial score (nSPS) is 23.3. The fraction of sp³-hybridized carbons (Fsp3) is 0.692. The van der Waals surface area contributed by atoms with Crippen molar-refractivity contribution in [1.29, 1.82) is 0 Å². The van der Waals surface area contributed by atoms with Crippen LogP contribution in [-0.4, -0.2) is 51.9 Å². The van der Waals surface area contributed by atoms with E-state index in [0.29, 0.717) is 32.4 Å². The van der Waals surface area contributed by atoms with Crippen LogP contribution in [0.3, 0.4) is 0 Å². The molecule has 1 aliphatic carbocycles. The van der Waals surface area contributed by atoms with E-state index < -0.39 is 10.0 Å². The minimum atomic E-state index is -3.51. The van der Waals surface area contributed by atoms with Crippen molar-refractivity contribution >= 4 is 10.0 Å². The average molecular weight is 315 g/mol. The Labute approximate surface area is 124 Å². The molecule has 21 heavy (non-hydrogen) atoms. The van der Waals surface area contributed by atoms with Gasteiger partial charge in [0.2, 0.25) is 10.0 Å². The van der Waals surface area contributed by atoms with E-state index in [2.05, 4.69) is 15.0 Å². The van der Waals surface area contributed by atoms with E-state index >= 15 is 0 Å². The molecule has 0 amide bonds. The molecule has 1 saturated heterocycles. The molecule has 2 heterocycles. The zero-order valence-corrected chi connectivity index (χ0v) is 12.6. The predicted molar refractivity (Wildman–Crippen MR) is 76.4 cm³/mol. The Morgan fingerprint density at radius 3 is 2.90 bits per heavy atom. The van der Waals surface area contributed by atoms with Crippen molar-refractivity contribution in [1.82, 2.24) is 15.0 Å².